The first kappa shape index (κ1) is 13.0. The van der Waals surface area contributed by atoms with Crippen molar-refractivity contribution < 1.29 is 23.1 Å². The van der Waals surface area contributed by atoms with Crippen molar-refractivity contribution in [3.05, 3.63) is 47.8 Å². The van der Waals surface area contributed by atoms with Crippen LogP contribution in [0.4, 0.5) is 13.2 Å². The molecule has 0 saturated carbocycles. The SMILES string of the molecule is O=C(O)c1ccccc1-c1nccc(C(F)(F)F)n1. The van der Waals surface area contributed by atoms with Gasteiger partial charge in [-0.1, -0.05) is 18.2 Å². The second-order valence-corrected chi connectivity index (χ2v) is 3.61. The zero-order valence-corrected chi connectivity index (χ0v) is 9.35. The van der Waals surface area contributed by atoms with E-state index in [0.29, 0.717) is 0 Å². The van der Waals surface area contributed by atoms with Gasteiger partial charge < -0.3 is 5.11 Å². The van der Waals surface area contributed by atoms with E-state index in [-0.39, 0.29) is 17.0 Å². The number of carbonyl (C=O) groups is 1. The number of aromatic nitrogens is 2. The van der Waals surface area contributed by atoms with Crippen molar-refractivity contribution in [2.24, 2.45) is 0 Å². The lowest BCUT2D eigenvalue weighted by molar-refractivity contribution is -0.141. The van der Waals surface area contributed by atoms with Crippen molar-refractivity contribution in [3.8, 4) is 11.4 Å². The zero-order valence-electron chi connectivity index (χ0n) is 9.35. The van der Waals surface area contributed by atoms with E-state index in [0.717, 1.165) is 12.3 Å². The van der Waals surface area contributed by atoms with Gasteiger partial charge in [0.25, 0.3) is 0 Å². The van der Waals surface area contributed by atoms with Crippen LogP contribution in [0.2, 0.25) is 0 Å². The Hall–Kier alpha value is -2.44. The van der Waals surface area contributed by atoms with Gasteiger partial charge in [-0.2, -0.15) is 13.2 Å². The molecule has 0 amide bonds. The Bertz CT molecular complexity index is 626. The molecule has 0 aliphatic heterocycles. The number of carboxylic acids is 1. The zero-order chi connectivity index (χ0) is 14.0. The Morgan fingerprint density at radius 1 is 1.16 bits per heavy atom. The molecule has 2 aromatic rings. The molecule has 19 heavy (non-hydrogen) atoms. The molecule has 0 bridgehead atoms. The molecule has 0 aliphatic carbocycles. The summed E-state index contributed by atoms with van der Waals surface area (Å²) in [7, 11) is 0. The summed E-state index contributed by atoms with van der Waals surface area (Å²) in [6.45, 7) is 0. The third-order valence-corrected chi connectivity index (χ3v) is 2.34. The van der Waals surface area contributed by atoms with Crippen LogP contribution in [0.5, 0.6) is 0 Å². The number of alkyl halides is 3. The molecular formula is C12H7F3N2O2. The van der Waals surface area contributed by atoms with E-state index in [9.17, 15) is 18.0 Å². The first-order valence-corrected chi connectivity index (χ1v) is 5.12. The lowest BCUT2D eigenvalue weighted by Gasteiger charge is -2.08. The fraction of sp³-hybridized carbons (Fsp3) is 0.0833. The highest BCUT2D eigenvalue weighted by atomic mass is 19.4. The second-order valence-electron chi connectivity index (χ2n) is 3.61. The first-order valence-electron chi connectivity index (χ1n) is 5.12. The summed E-state index contributed by atoms with van der Waals surface area (Å²) in [6, 6.07) is 6.35. The van der Waals surface area contributed by atoms with Gasteiger partial charge in [0.2, 0.25) is 0 Å². The Labute approximate surface area is 105 Å². The summed E-state index contributed by atoms with van der Waals surface area (Å²) in [5.41, 5.74) is -1.22. The Morgan fingerprint density at radius 3 is 2.47 bits per heavy atom. The number of hydrogen-bond acceptors (Lipinski definition) is 3. The van der Waals surface area contributed by atoms with E-state index in [1.807, 2.05) is 0 Å². The van der Waals surface area contributed by atoms with Gasteiger partial charge in [-0.05, 0) is 12.1 Å². The quantitative estimate of drug-likeness (QED) is 0.909. The van der Waals surface area contributed by atoms with Crippen molar-refractivity contribution in [2.45, 2.75) is 6.18 Å². The highest BCUT2D eigenvalue weighted by Crippen LogP contribution is 2.29. The Morgan fingerprint density at radius 2 is 1.84 bits per heavy atom. The molecule has 1 N–H and O–H groups in total. The standard InChI is InChI=1S/C12H7F3N2O2/c13-12(14,15)9-5-6-16-10(17-9)7-3-1-2-4-8(7)11(18)19/h1-6H,(H,18,19). The lowest BCUT2D eigenvalue weighted by Crippen LogP contribution is -2.10. The average molecular weight is 268 g/mol. The molecule has 0 unspecified atom stereocenters. The number of carboxylic acid groups (broad SMARTS) is 1. The Kier molecular flexibility index (Phi) is 3.20. The minimum atomic E-state index is -4.60. The van der Waals surface area contributed by atoms with E-state index in [1.165, 1.54) is 24.3 Å². The Balaban J connectivity index is 2.57. The smallest absolute Gasteiger partial charge is 0.433 e. The molecule has 7 heteroatoms. The summed E-state index contributed by atoms with van der Waals surface area (Å²) >= 11 is 0. The monoisotopic (exact) mass is 268 g/mol. The minimum absolute atomic E-state index is 0.0427. The van der Waals surface area contributed by atoms with Crippen molar-refractivity contribution in [1.29, 1.82) is 0 Å². The summed E-state index contributed by atoms with van der Waals surface area (Å²) in [5, 5.41) is 8.98. The van der Waals surface area contributed by atoms with Crippen LogP contribution >= 0.6 is 0 Å². The van der Waals surface area contributed by atoms with Crippen LogP contribution in [-0.4, -0.2) is 21.0 Å². The van der Waals surface area contributed by atoms with Gasteiger partial charge in [-0.15, -0.1) is 0 Å². The number of hydrogen-bond donors (Lipinski definition) is 1. The molecule has 2 rings (SSSR count). The minimum Gasteiger partial charge on any atom is -0.478 e. The van der Waals surface area contributed by atoms with Crippen molar-refractivity contribution in [3.63, 3.8) is 0 Å². The summed E-state index contributed by atoms with van der Waals surface area (Å²) in [4.78, 5) is 18.0. The van der Waals surface area contributed by atoms with E-state index < -0.39 is 17.8 Å². The number of benzene rings is 1. The van der Waals surface area contributed by atoms with Crippen LogP contribution in [0.15, 0.2) is 36.5 Å². The molecule has 0 fully saturated rings. The first-order chi connectivity index (χ1) is 8.89. The largest absolute Gasteiger partial charge is 0.478 e. The van der Waals surface area contributed by atoms with E-state index in [1.54, 1.807) is 0 Å². The number of aromatic carboxylic acids is 1. The molecule has 4 nitrogen and oxygen atoms in total. The molecule has 0 aliphatic rings. The van der Waals surface area contributed by atoms with Crippen molar-refractivity contribution >= 4 is 5.97 Å². The van der Waals surface area contributed by atoms with Crippen LogP contribution in [-0.2, 0) is 6.18 Å². The molecule has 0 spiro atoms. The molecule has 1 aromatic carbocycles. The number of rotatable bonds is 2. The van der Waals surface area contributed by atoms with E-state index >= 15 is 0 Å². The highest BCUT2D eigenvalue weighted by molar-refractivity contribution is 5.94. The normalized spacial score (nSPS) is 11.3. The predicted octanol–water partition coefficient (Wildman–Crippen LogP) is 2.86. The van der Waals surface area contributed by atoms with Gasteiger partial charge in [0, 0.05) is 11.8 Å². The van der Waals surface area contributed by atoms with Gasteiger partial charge in [-0.25, -0.2) is 14.8 Å². The molecule has 1 heterocycles. The third-order valence-electron chi connectivity index (χ3n) is 2.34. The maximum atomic E-state index is 12.5. The lowest BCUT2D eigenvalue weighted by atomic mass is 10.1. The summed E-state index contributed by atoms with van der Waals surface area (Å²) in [5.74, 6) is -1.52. The maximum Gasteiger partial charge on any atom is 0.433 e. The van der Waals surface area contributed by atoms with Crippen LogP contribution in [0.25, 0.3) is 11.4 Å². The number of halogens is 3. The molecule has 1 aromatic heterocycles. The topological polar surface area (TPSA) is 63.1 Å². The third kappa shape index (κ3) is 2.70. The molecular weight excluding hydrogens is 261 g/mol. The van der Waals surface area contributed by atoms with Gasteiger partial charge in [-0.3, -0.25) is 0 Å². The summed E-state index contributed by atoms with van der Waals surface area (Å²) < 4.78 is 37.6. The van der Waals surface area contributed by atoms with Crippen LogP contribution in [0.1, 0.15) is 16.1 Å². The van der Waals surface area contributed by atoms with E-state index in [2.05, 4.69) is 9.97 Å². The van der Waals surface area contributed by atoms with Gasteiger partial charge in [0.05, 0.1) is 5.56 Å². The molecule has 0 radical (unpaired) electrons. The highest BCUT2D eigenvalue weighted by Gasteiger charge is 2.33. The summed E-state index contributed by atoms with van der Waals surface area (Å²) in [6.07, 6.45) is -3.65. The number of nitrogens with zero attached hydrogens (tertiary/aromatic N) is 2. The molecule has 0 atom stereocenters. The second kappa shape index (κ2) is 4.68. The maximum absolute atomic E-state index is 12.5. The van der Waals surface area contributed by atoms with Crippen LogP contribution in [0.3, 0.4) is 0 Å². The fourth-order valence-corrected chi connectivity index (χ4v) is 1.51. The van der Waals surface area contributed by atoms with Crippen LogP contribution < -0.4 is 0 Å². The van der Waals surface area contributed by atoms with Gasteiger partial charge in [0.15, 0.2) is 5.82 Å². The molecule has 98 valence electrons. The predicted molar refractivity (Wildman–Crippen MR) is 59.4 cm³/mol. The van der Waals surface area contributed by atoms with Crippen molar-refractivity contribution in [1.82, 2.24) is 9.97 Å². The van der Waals surface area contributed by atoms with Crippen LogP contribution in [0, 0.1) is 0 Å². The van der Waals surface area contributed by atoms with Gasteiger partial charge in [0.1, 0.15) is 5.69 Å². The fourth-order valence-electron chi connectivity index (χ4n) is 1.51. The molecule has 0 saturated heterocycles. The average Bonchev–Trinajstić information content (AvgIpc) is 2.38. The van der Waals surface area contributed by atoms with Gasteiger partial charge >= 0.3 is 12.1 Å². The van der Waals surface area contributed by atoms with E-state index in [4.69, 9.17) is 5.11 Å². The van der Waals surface area contributed by atoms with Crippen molar-refractivity contribution in [2.75, 3.05) is 0 Å².